The third-order valence-electron chi connectivity index (χ3n) is 4.93. The highest BCUT2D eigenvalue weighted by atomic mass is 79.9. The van der Waals surface area contributed by atoms with Gasteiger partial charge in [-0.25, -0.2) is 4.79 Å². The monoisotopic (exact) mass is 467 g/mol. The number of benzene rings is 1. The third kappa shape index (κ3) is 6.56. The summed E-state index contributed by atoms with van der Waals surface area (Å²) in [6, 6.07) is 6.17. The number of nitrogens with zero attached hydrogens (tertiary/aromatic N) is 1. The van der Waals surface area contributed by atoms with Crippen molar-refractivity contribution in [3.8, 4) is 5.75 Å². The van der Waals surface area contributed by atoms with Gasteiger partial charge in [-0.15, -0.1) is 0 Å². The summed E-state index contributed by atoms with van der Waals surface area (Å²) < 4.78 is 22.9. The minimum absolute atomic E-state index is 0.181. The predicted molar refractivity (Wildman–Crippen MR) is 114 cm³/mol. The number of carbonyl (C=O) groups excluding carboxylic acids is 1. The highest BCUT2D eigenvalue weighted by Crippen LogP contribution is 2.35. The Morgan fingerprint density at radius 2 is 1.90 bits per heavy atom. The van der Waals surface area contributed by atoms with E-state index in [1.165, 1.54) is 5.56 Å². The molecule has 29 heavy (non-hydrogen) atoms. The number of likely N-dealkylation sites (tertiary alicyclic amines) is 1. The lowest BCUT2D eigenvalue weighted by Gasteiger charge is -2.34. The first-order chi connectivity index (χ1) is 13.8. The molecule has 0 bridgehead atoms. The molecule has 0 saturated carbocycles. The normalized spacial score (nSPS) is 17.7. The molecule has 3 rings (SSSR count). The van der Waals surface area contributed by atoms with Crippen LogP contribution in [0.1, 0.15) is 57.9 Å². The second-order valence-electron chi connectivity index (χ2n) is 8.39. The lowest BCUT2D eigenvalue weighted by atomic mass is 9.89. The lowest BCUT2D eigenvalue weighted by molar-refractivity contribution is -0.0310. The molecule has 0 unspecified atom stereocenters. The average Bonchev–Trinajstić information content (AvgIpc) is 3.18. The molecule has 1 aromatic rings. The summed E-state index contributed by atoms with van der Waals surface area (Å²) in [6.07, 6.45) is 6.24. The number of ether oxygens (including phenoxy) is 4. The van der Waals surface area contributed by atoms with Crippen LogP contribution < -0.4 is 4.74 Å². The fraction of sp³-hybridized carbons (Fsp3) is 0.591. The Hall–Kier alpha value is -1.89. The summed E-state index contributed by atoms with van der Waals surface area (Å²) >= 11 is 3.70. The van der Waals surface area contributed by atoms with Crippen molar-refractivity contribution in [3.63, 3.8) is 0 Å². The molecule has 2 heterocycles. The number of halogens is 1. The molecule has 0 aliphatic carbocycles. The highest BCUT2D eigenvalue weighted by molar-refractivity contribution is 9.10. The predicted octanol–water partition coefficient (Wildman–Crippen LogP) is 5.57. The zero-order valence-electron chi connectivity index (χ0n) is 17.4. The van der Waals surface area contributed by atoms with Crippen LogP contribution in [0.3, 0.4) is 0 Å². The Labute approximate surface area is 181 Å². The maximum absolute atomic E-state index is 12.2. The first-order valence-corrected chi connectivity index (χ1v) is 11.0. The molecule has 0 radical (unpaired) electrons. The Morgan fingerprint density at radius 3 is 2.52 bits per heavy atom. The van der Waals surface area contributed by atoms with E-state index in [2.05, 4.69) is 22.0 Å². The van der Waals surface area contributed by atoms with E-state index in [1.54, 1.807) is 17.4 Å². The van der Waals surface area contributed by atoms with E-state index in [-0.39, 0.29) is 12.4 Å². The van der Waals surface area contributed by atoms with Crippen molar-refractivity contribution >= 4 is 22.0 Å². The van der Waals surface area contributed by atoms with Gasteiger partial charge in [-0.2, -0.15) is 0 Å². The molecule has 160 valence electrons. The quantitative estimate of drug-likeness (QED) is 0.512. The van der Waals surface area contributed by atoms with Crippen LogP contribution in [0.5, 0.6) is 5.75 Å². The molecule has 2 aliphatic heterocycles. The first kappa shape index (κ1) is 21.8. The maximum atomic E-state index is 12.2. The van der Waals surface area contributed by atoms with E-state index in [4.69, 9.17) is 18.9 Å². The number of rotatable bonds is 6. The van der Waals surface area contributed by atoms with E-state index >= 15 is 0 Å². The van der Waals surface area contributed by atoms with Crippen LogP contribution >= 0.6 is 15.9 Å². The van der Waals surface area contributed by atoms with Gasteiger partial charge >= 0.3 is 6.09 Å². The first-order valence-electron chi connectivity index (χ1n) is 10.2. The minimum Gasteiger partial charge on any atom is -0.494 e. The van der Waals surface area contributed by atoms with Crippen molar-refractivity contribution in [3.05, 3.63) is 40.8 Å². The van der Waals surface area contributed by atoms with Gasteiger partial charge in [0.05, 0.1) is 6.61 Å². The van der Waals surface area contributed by atoms with E-state index in [0.29, 0.717) is 25.6 Å². The van der Waals surface area contributed by atoms with Gasteiger partial charge in [0, 0.05) is 24.0 Å². The standard InChI is InChI=1S/C22H30BrNO5/c1-22(2,3)29-21(25)24-10-8-16(9-11-24)18-7-6-17(15-19(18)23)26-12-4-5-20-27-13-14-28-20/h6-7,13-16,20H,4-5,8-12H2,1-3H3. The van der Waals surface area contributed by atoms with Gasteiger partial charge in [-0.05, 0) is 63.6 Å². The van der Waals surface area contributed by atoms with Gasteiger partial charge in [0.25, 0.3) is 0 Å². The number of hydrogen-bond donors (Lipinski definition) is 0. The lowest BCUT2D eigenvalue weighted by Crippen LogP contribution is -2.41. The SMILES string of the molecule is CC(C)(C)OC(=O)N1CCC(c2ccc(OCCCC3OC=CO3)cc2Br)CC1. The highest BCUT2D eigenvalue weighted by Gasteiger charge is 2.28. The molecule has 0 spiro atoms. The summed E-state index contributed by atoms with van der Waals surface area (Å²) in [5.74, 6) is 1.26. The van der Waals surface area contributed by atoms with Crippen LogP contribution in [0.4, 0.5) is 4.79 Å². The molecule has 0 atom stereocenters. The van der Waals surface area contributed by atoms with Crippen LogP contribution in [0, 0.1) is 0 Å². The van der Waals surface area contributed by atoms with Crippen molar-refractivity contribution in [2.45, 2.75) is 64.3 Å². The molecule has 6 nitrogen and oxygen atoms in total. The second-order valence-corrected chi connectivity index (χ2v) is 9.24. The van der Waals surface area contributed by atoms with Gasteiger partial charge in [-0.3, -0.25) is 0 Å². The average molecular weight is 468 g/mol. The Bertz CT molecular complexity index is 714. The van der Waals surface area contributed by atoms with Crippen LogP contribution in [0.15, 0.2) is 35.2 Å². The van der Waals surface area contributed by atoms with Crippen LogP contribution in [0.2, 0.25) is 0 Å². The van der Waals surface area contributed by atoms with Crippen LogP contribution in [-0.2, 0) is 14.2 Å². The van der Waals surface area contributed by atoms with E-state index in [9.17, 15) is 4.79 Å². The Balaban J connectivity index is 1.45. The van der Waals surface area contributed by atoms with E-state index < -0.39 is 5.60 Å². The number of piperidine rings is 1. The number of amides is 1. The number of hydrogen-bond acceptors (Lipinski definition) is 5. The molecular weight excluding hydrogens is 438 g/mol. The topological polar surface area (TPSA) is 57.2 Å². The van der Waals surface area contributed by atoms with Gasteiger partial charge in [0.2, 0.25) is 6.29 Å². The van der Waals surface area contributed by atoms with Gasteiger partial charge in [0.15, 0.2) is 0 Å². The van der Waals surface area contributed by atoms with Crippen molar-refractivity contribution in [1.29, 1.82) is 0 Å². The Morgan fingerprint density at radius 1 is 1.21 bits per heavy atom. The molecule has 1 amide bonds. The molecule has 0 N–H and O–H groups in total. The molecular formula is C22H30BrNO5. The van der Waals surface area contributed by atoms with Gasteiger partial charge < -0.3 is 23.8 Å². The van der Waals surface area contributed by atoms with Crippen LogP contribution in [0.25, 0.3) is 0 Å². The molecule has 1 saturated heterocycles. The number of carbonyl (C=O) groups is 1. The molecule has 2 aliphatic rings. The van der Waals surface area contributed by atoms with Gasteiger partial charge in [-0.1, -0.05) is 22.0 Å². The molecule has 1 aromatic carbocycles. The maximum Gasteiger partial charge on any atom is 0.410 e. The molecule has 0 aromatic heterocycles. The minimum atomic E-state index is -0.458. The summed E-state index contributed by atoms with van der Waals surface area (Å²) in [7, 11) is 0. The van der Waals surface area contributed by atoms with Gasteiger partial charge in [0.1, 0.15) is 23.9 Å². The van der Waals surface area contributed by atoms with Crippen molar-refractivity contribution in [2.75, 3.05) is 19.7 Å². The fourth-order valence-corrected chi connectivity index (χ4v) is 4.16. The fourth-order valence-electron chi connectivity index (χ4n) is 3.48. The molecule has 1 fully saturated rings. The zero-order valence-corrected chi connectivity index (χ0v) is 18.9. The third-order valence-corrected chi connectivity index (χ3v) is 5.61. The summed E-state index contributed by atoms with van der Waals surface area (Å²) in [5, 5.41) is 0. The zero-order chi connectivity index (χ0) is 20.9. The Kier molecular flexibility index (Phi) is 7.33. The van der Waals surface area contributed by atoms with Crippen molar-refractivity contribution in [2.24, 2.45) is 0 Å². The summed E-state index contributed by atoms with van der Waals surface area (Å²) in [6.45, 7) is 7.72. The largest absolute Gasteiger partial charge is 0.494 e. The van der Waals surface area contributed by atoms with Crippen LogP contribution in [-0.4, -0.2) is 42.6 Å². The van der Waals surface area contributed by atoms with Crippen molar-refractivity contribution < 1.29 is 23.7 Å². The van der Waals surface area contributed by atoms with E-state index in [0.717, 1.165) is 35.9 Å². The van der Waals surface area contributed by atoms with E-state index in [1.807, 2.05) is 32.9 Å². The second kappa shape index (κ2) is 9.74. The summed E-state index contributed by atoms with van der Waals surface area (Å²) in [4.78, 5) is 14.0. The molecule has 7 heteroatoms. The van der Waals surface area contributed by atoms with Crippen molar-refractivity contribution in [1.82, 2.24) is 4.90 Å². The smallest absolute Gasteiger partial charge is 0.410 e. The summed E-state index contributed by atoms with van der Waals surface area (Å²) in [5.41, 5.74) is 0.806.